The van der Waals surface area contributed by atoms with E-state index in [4.69, 9.17) is 9.72 Å². The lowest BCUT2D eigenvalue weighted by molar-refractivity contribution is -0.141. The van der Waals surface area contributed by atoms with E-state index in [-0.39, 0.29) is 75.9 Å². The van der Waals surface area contributed by atoms with Crippen molar-refractivity contribution in [2.24, 2.45) is 11.3 Å². The van der Waals surface area contributed by atoms with Crippen molar-refractivity contribution in [3.05, 3.63) is 89.9 Å². The normalized spacial score (nSPS) is 17.1. The Kier molecular flexibility index (Phi) is 15.8. The molecule has 0 spiro atoms. The highest BCUT2D eigenvalue weighted by atomic mass is 19.1. The van der Waals surface area contributed by atoms with Crippen molar-refractivity contribution < 1.29 is 47.3 Å². The smallest absolute Gasteiger partial charge is 0.409 e. The minimum Gasteiger partial charge on any atom is -0.449 e. The van der Waals surface area contributed by atoms with Gasteiger partial charge in [0, 0.05) is 75.6 Å². The molecule has 1 saturated heterocycles. The summed E-state index contributed by atoms with van der Waals surface area (Å²) in [5.74, 6) is -3.56. The molecule has 0 saturated carbocycles. The molecule has 0 aliphatic carbocycles. The molecule has 3 aromatic rings. The zero-order valence-electron chi connectivity index (χ0n) is 32.2. The van der Waals surface area contributed by atoms with E-state index in [0.29, 0.717) is 0 Å². The van der Waals surface area contributed by atoms with Crippen LogP contribution in [-0.4, -0.2) is 124 Å². The molecule has 1 fully saturated rings. The molecule has 56 heavy (non-hydrogen) atoms. The first-order valence-electron chi connectivity index (χ1n) is 18.7. The summed E-state index contributed by atoms with van der Waals surface area (Å²) >= 11 is 0. The maximum Gasteiger partial charge on any atom is 0.409 e. The lowest BCUT2D eigenvalue weighted by Gasteiger charge is -2.43. The summed E-state index contributed by atoms with van der Waals surface area (Å²) in [7, 11) is 0. The molecule has 2 aromatic carbocycles. The third-order valence-corrected chi connectivity index (χ3v) is 9.74. The third-order valence-electron chi connectivity index (χ3n) is 9.74. The van der Waals surface area contributed by atoms with Crippen molar-refractivity contribution >= 4 is 23.8 Å². The largest absolute Gasteiger partial charge is 0.449 e. The average Bonchev–Trinajstić information content (AvgIpc) is 3.88. The number of halogens is 3. The maximum absolute atomic E-state index is 15.2. The SMILES string of the molecule is CC.CC(C)(CCOC(=O)N(CCO)CCN1C(=O)C=CC1=O)[C@H](c1nc(-c2cc(F)ccc2F)cn1Cc1ccccc1)N(C[C@@H]1CNC[C@@H]1F)C(=O)CO. The summed E-state index contributed by atoms with van der Waals surface area (Å²) in [5, 5.41) is 22.8. The second kappa shape index (κ2) is 20.2. The molecular formula is C40H51F3N6O7. The fraction of sp³-hybridized carbons (Fsp3) is 0.475. The Labute approximate surface area is 324 Å². The molecule has 0 radical (unpaired) electrons. The fourth-order valence-electron chi connectivity index (χ4n) is 6.78. The van der Waals surface area contributed by atoms with E-state index in [0.717, 1.165) is 45.7 Å². The molecule has 3 atom stereocenters. The lowest BCUT2D eigenvalue weighted by Crippen LogP contribution is -2.48. The number of rotatable bonds is 17. The lowest BCUT2D eigenvalue weighted by atomic mass is 9.79. The molecular weight excluding hydrogens is 733 g/mol. The minimum atomic E-state index is -1.29. The highest BCUT2D eigenvalue weighted by Gasteiger charge is 2.43. The Morgan fingerprint density at radius 1 is 1.04 bits per heavy atom. The second-order valence-corrected chi connectivity index (χ2v) is 14.0. The Morgan fingerprint density at radius 3 is 2.36 bits per heavy atom. The van der Waals surface area contributed by atoms with Crippen molar-refractivity contribution in [1.82, 2.24) is 29.6 Å². The van der Waals surface area contributed by atoms with Crippen LogP contribution in [-0.2, 0) is 25.7 Å². The van der Waals surface area contributed by atoms with E-state index >= 15 is 8.78 Å². The van der Waals surface area contributed by atoms with Gasteiger partial charge in [0.25, 0.3) is 11.8 Å². The summed E-state index contributed by atoms with van der Waals surface area (Å²) in [6.07, 6.45) is 1.78. The summed E-state index contributed by atoms with van der Waals surface area (Å²) in [6.45, 7) is 6.14. The molecule has 4 amide bonds. The van der Waals surface area contributed by atoms with Crippen molar-refractivity contribution in [3.63, 3.8) is 0 Å². The Hall–Kier alpha value is -5.06. The highest BCUT2D eigenvalue weighted by Crippen LogP contribution is 2.43. The van der Waals surface area contributed by atoms with Crippen LogP contribution in [0.4, 0.5) is 18.0 Å². The van der Waals surface area contributed by atoms with Gasteiger partial charge in [0.1, 0.15) is 30.2 Å². The maximum atomic E-state index is 15.2. The van der Waals surface area contributed by atoms with Gasteiger partial charge in [-0.3, -0.25) is 19.3 Å². The van der Waals surface area contributed by atoms with Crippen molar-refractivity contribution in [3.8, 4) is 11.3 Å². The Bertz CT molecular complexity index is 1820. The molecule has 5 rings (SSSR count). The zero-order chi connectivity index (χ0) is 41.0. The van der Waals surface area contributed by atoms with E-state index in [1.54, 1.807) is 24.6 Å². The number of amides is 4. The molecule has 0 bridgehead atoms. The van der Waals surface area contributed by atoms with Crippen LogP contribution in [0.2, 0.25) is 0 Å². The quantitative estimate of drug-likeness (QED) is 0.172. The molecule has 3 N–H and O–H groups in total. The van der Waals surface area contributed by atoms with Crippen LogP contribution in [0.5, 0.6) is 0 Å². The van der Waals surface area contributed by atoms with Gasteiger partial charge in [-0.25, -0.2) is 22.9 Å². The van der Waals surface area contributed by atoms with Gasteiger partial charge in [0.05, 0.1) is 24.9 Å². The van der Waals surface area contributed by atoms with Crippen molar-refractivity contribution in [2.75, 3.05) is 59.1 Å². The van der Waals surface area contributed by atoms with Crippen LogP contribution in [0.25, 0.3) is 11.3 Å². The molecule has 1 aromatic heterocycles. The molecule has 2 aliphatic heterocycles. The first kappa shape index (κ1) is 43.7. The van der Waals surface area contributed by atoms with E-state index in [1.165, 1.54) is 4.90 Å². The van der Waals surface area contributed by atoms with Crippen LogP contribution in [0, 0.1) is 23.0 Å². The van der Waals surface area contributed by atoms with Gasteiger partial charge in [-0.2, -0.15) is 0 Å². The van der Waals surface area contributed by atoms with Crippen molar-refractivity contribution in [1.29, 1.82) is 0 Å². The van der Waals surface area contributed by atoms with E-state index in [2.05, 4.69) is 5.32 Å². The van der Waals surface area contributed by atoms with E-state index in [9.17, 15) is 33.8 Å². The summed E-state index contributed by atoms with van der Waals surface area (Å²) in [4.78, 5) is 59.2. The number of alkyl halides is 1. The van der Waals surface area contributed by atoms with E-state index in [1.807, 2.05) is 44.2 Å². The molecule has 3 heterocycles. The van der Waals surface area contributed by atoms with Crippen LogP contribution in [0.1, 0.15) is 51.5 Å². The van der Waals surface area contributed by atoms with Crippen LogP contribution in [0.15, 0.2) is 66.9 Å². The molecule has 2 aliphatic rings. The van der Waals surface area contributed by atoms with Crippen LogP contribution < -0.4 is 5.32 Å². The van der Waals surface area contributed by atoms with Gasteiger partial charge in [-0.05, 0) is 35.6 Å². The number of hydrogen-bond acceptors (Lipinski definition) is 9. The topological polar surface area (TPSA) is 158 Å². The predicted molar refractivity (Wildman–Crippen MR) is 202 cm³/mol. The molecule has 16 heteroatoms. The number of nitrogens with zero attached hydrogens (tertiary/aromatic N) is 5. The van der Waals surface area contributed by atoms with Gasteiger partial charge in [0.2, 0.25) is 5.91 Å². The standard InChI is InChI=1S/C38H45F3N6O7.C2H6/c1-38(2,12-17-54-37(53)44(15-16-48)13-14-46-32(50)10-11-33(46)51)35(47(34(52)24-49)22-26-19-42-20-30(26)41)36-43-31(28-18-27(39)8-9-29(28)40)23-45(36)21-25-6-4-3-5-7-25;1-2/h3-11,18,23,26,30,35,42,48-49H,12-17,19-22,24H2,1-2H3;1-2H3/t26-,30-,35-;/m0./s1. The van der Waals surface area contributed by atoms with Crippen LogP contribution >= 0.6 is 0 Å². The van der Waals surface area contributed by atoms with Gasteiger partial charge in [-0.1, -0.05) is 58.0 Å². The Morgan fingerprint density at radius 2 is 1.73 bits per heavy atom. The number of hydrogen-bond donors (Lipinski definition) is 3. The first-order chi connectivity index (χ1) is 26.8. The number of aromatic nitrogens is 2. The number of ether oxygens (including phenoxy) is 1. The number of benzene rings is 2. The Balaban J connectivity index is 0.00000342. The number of carbonyl (C=O) groups excluding carboxylic acids is 4. The number of imidazole rings is 1. The number of aliphatic hydroxyl groups excluding tert-OH is 2. The summed E-state index contributed by atoms with van der Waals surface area (Å²) < 4.78 is 52.1. The summed E-state index contributed by atoms with van der Waals surface area (Å²) in [5.41, 5.74) is -0.247. The monoisotopic (exact) mass is 784 g/mol. The minimum absolute atomic E-state index is 0.0808. The second-order valence-electron chi connectivity index (χ2n) is 14.0. The van der Waals surface area contributed by atoms with Crippen LogP contribution in [0.3, 0.4) is 0 Å². The number of aliphatic hydroxyl groups is 2. The predicted octanol–water partition coefficient (Wildman–Crippen LogP) is 4.09. The van der Waals surface area contributed by atoms with E-state index < -0.39 is 72.2 Å². The van der Waals surface area contributed by atoms with Gasteiger partial charge in [0.15, 0.2) is 0 Å². The third kappa shape index (κ3) is 10.8. The fourth-order valence-corrected chi connectivity index (χ4v) is 6.78. The number of imide groups is 1. The molecule has 13 nitrogen and oxygen atoms in total. The van der Waals surface area contributed by atoms with Gasteiger partial charge in [-0.15, -0.1) is 0 Å². The highest BCUT2D eigenvalue weighted by molar-refractivity contribution is 6.12. The first-order valence-corrected chi connectivity index (χ1v) is 18.7. The van der Waals surface area contributed by atoms with Gasteiger partial charge < -0.3 is 34.6 Å². The summed E-state index contributed by atoms with van der Waals surface area (Å²) in [6, 6.07) is 11.2. The number of carbonyl (C=O) groups is 4. The molecule has 0 unspecified atom stereocenters. The van der Waals surface area contributed by atoms with Crippen molar-refractivity contribution in [2.45, 2.75) is 52.9 Å². The number of nitrogens with one attached hydrogen (secondary N) is 1. The molecule has 304 valence electrons. The van der Waals surface area contributed by atoms with Gasteiger partial charge >= 0.3 is 6.09 Å². The zero-order valence-corrected chi connectivity index (χ0v) is 32.2. The average molecular weight is 785 g/mol.